The molecule has 1 aromatic rings. The van der Waals surface area contributed by atoms with E-state index in [1.165, 1.54) is 0 Å². The van der Waals surface area contributed by atoms with E-state index in [9.17, 15) is 8.78 Å². The van der Waals surface area contributed by atoms with E-state index in [1.54, 1.807) is 12.5 Å². The van der Waals surface area contributed by atoms with Crippen LogP contribution in [-0.4, -0.2) is 42.3 Å². The summed E-state index contributed by atoms with van der Waals surface area (Å²) >= 11 is 0. The average molecular weight is 233 g/mol. The standard InChI is InChI=1S/C10H17F2N3O/c11-10(12)8-16-7-4-13-2-1-5-15-6-3-14-9-15/h3,6,9-10,13H,1-2,4-5,7-8H2. The third-order valence-electron chi connectivity index (χ3n) is 2.00. The number of aryl methyl sites for hydroxylation is 1. The zero-order valence-corrected chi connectivity index (χ0v) is 9.11. The number of halogens is 2. The van der Waals surface area contributed by atoms with Gasteiger partial charge in [0, 0.05) is 25.5 Å². The second kappa shape index (κ2) is 8.18. The summed E-state index contributed by atoms with van der Waals surface area (Å²) in [5.41, 5.74) is 0. The highest BCUT2D eigenvalue weighted by Crippen LogP contribution is 1.91. The van der Waals surface area contributed by atoms with Crippen LogP contribution in [0.5, 0.6) is 0 Å². The zero-order chi connectivity index (χ0) is 11.6. The van der Waals surface area contributed by atoms with Gasteiger partial charge in [0.25, 0.3) is 6.43 Å². The maximum absolute atomic E-state index is 11.7. The molecule has 1 N–H and O–H groups in total. The number of rotatable bonds is 9. The Morgan fingerprint density at radius 3 is 2.94 bits per heavy atom. The van der Waals surface area contributed by atoms with Crippen molar-refractivity contribution >= 4 is 0 Å². The van der Waals surface area contributed by atoms with Crippen molar-refractivity contribution in [2.24, 2.45) is 0 Å². The summed E-state index contributed by atoms with van der Waals surface area (Å²) in [5.74, 6) is 0. The maximum Gasteiger partial charge on any atom is 0.261 e. The third-order valence-corrected chi connectivity index (χ3v) is 2.00. The molecule has 0 aliphatic carbocycles. The Hall–Kier alpha value is -1.01. The molecule has 1 aromatic heterocycles. The van der Waals surface area contributed by atoms with Crippen LogP contribution in [-0.2, 0) is 11.3 Å². The van der Waals surface area contributed by atoms with Crippen LogP contribution in [0.1, 0.15) is 6.42 Å². The number of aromatic nitrogens is 2. The lowest BCUT2D eigenvalue weighted by molar-refractivity contribution is 0.0188. The smallest absolute Gasteiger partial charge is 0.261 e. The molecule has 0 unspecified atom stereocenters. The molecule has 0 aromatic carbocycles. The quantitative estimate of drug-likeness (QED) is 0.650. The first-order valence-electron chi connectivity index (χ1n) is 5.31. The Balaban J connectivity index is 1.82. The molecule has 0 aliphatic rings. The van der Waals surface area contributed by atoms with Crippen molar-refractivity contribution in [3.05, 3.63) is 18.7 Å². The first-order valence-corrected chi connectivity index (χ1v) is 5.31. The van der Waals surface area contributed by atoms with E-state index < -0.39 is 13.0 Å². The molecule has 4 nitrogen and oxygen atoms in total. The fourth-order valence-corrected chi connectivity index (χ4v) is 1.25. The first kappa shape index (κ1) is 13.1. The van der Waals surface area contributed by atoms with Gasteiger partial charge in [-0.05, 0) is 13.0 Å². The minimum absolute atomic E-state index is 0.329. The fourth-order valence-electron chi connectivity index (χ4n) is 1.25. The van der Waals surface area contributed by atoms with Crippen LogP contribution in [0, 0.1) is 0 Å². The molecular weight excluding hydrogens is 216 g/mol. The molecule has 0 saturated heterocycles. The SMILES string of the molecule is FC(F)COCCNCCCn1ccnc1. The molecule has 0 fully saturated rings. The second-order valence-electron chi connectivity index (χ2n) is 3.37. The Labute approximate surface area is 93.6 Å². The minimum atomic E-state index is -2.37. The van der Waals surface area contributed by atoms with Gasteiger partial charge in [-0.25, -0.2) is 13.8 Å². The van der Waals surface area contributed by atoms with Gasteiger partial charge in [-0.1, -0.05) is 0 Å². The molecule has 0 spiro atoms. The molecule has 6 heteroatoms. The largest absolute Gasteiger partial charge is 0.374 e. The Morgan fingerprint density at radius 2 is 2.25 bits per heavy atom. The molecule has 0 bridgehead atoms. The van der Waals surface area contributed by atoms with Crippen molar-refractivity contribution in [3.8, 4) is 0 Å². The predicted molar refractivity (Wildman–Crippen MR) is 56.5 cm³/mol. The van der Waals surface area contributed by atoms with Crippen molar-refractivity contribution in [2.45, 2.75) is 19.4 Å². The van der Waals surface area contributed by atoms with Crippen molar-refractivity contribution in [2.75, 3.05) is 26.3 Å². The fraction of sp³-hybridized carbons (Fsp3) is 0.700. The normalized spacial score (nSPS) is 11.2. The number of nitrogens with zero attached hydrogens (tertiary/aromatic N) is 2. The molecular formula is C10H17F2N3O. The number of hydrogen-bond acceptors (Lipinski definition) is 3. The van der Waals surface area contributed by atoms with Gasteiger partial charge in [0.2, 0.25) is 0 Å². The Bertz CT molecular complexity index is 255. The van der Waals surface area contributed by atoms with E-state index in [2.05, 4.69) is 10.3 Å². The molecule has 0 amide bonds. The van der Waals surface area contributed by atoms with Crippen LogP contribution in [0.3, 0.4) is 0 Å². The van der Waals surface area contributed by atoms with Crippen LogP contribution in [0.4, 0.5) is 8.78 Å². The number of alkyl halides is 2. The minimum Gasteiger partial charge on any atom is -0.374 e. The lowest BCUT2D eigenvalue weighted by atomic mass is 10.4. The Morgan fingerprint density at radius 1 is 1.38 bits per heavy atom. The first-order chi connectivity index (χ1) is 7.79. The number of ether oxygens (including phenoxy) is 1. The molecule has 1 rings (SSSR count). The summed E-state index contributed by atoms with van der Waals surface area (Å²) in [6, 6.07) is 0. The number of hydrogen-bond donors (Lipinski definition) is 1. The molecule has 0 aliphatic heterocycles. The van der Waals surface area contributed by atoms with E-state index in [-0.39, 0.29) is 0 Å². The van der Waals surface area contributed by atoms with Gasteiger partial charge in [0.1, 0.15) is 6.61 Å². The highest BCUT2D eigenvalue weighted by molar-refractivity contribution is 4.73. The van der Waals surface area contributed by atoms with E-state index >= 15 is 0 Å². The summed E-state index contributed by atoms with van der Waals surface area (Å²) in [6.45, 7) is 2.21. The summed E-state index contributed by atoms with van der Waals surface area (Å²) in [7, 11) is 0. The van der Waals surface area contributed by atoms with Gasteiger partial charge in [-0.3, -0.25) is 0 Å². The number of imidazole rings is 1. The van der Waals surface area contributed by atoms with Crippen LogP contribution in [0.2, 0.25) is 0 Å². The molecule has 92 valence electrons. The lowest BCUT2D eigenvalue weighted by Crippen LogP contribution is -2.22. The molecule has 0 radical (unpaired) electrons. The summed E-state index contributed by atoms with van der Waals surface area (Å²) in [4.78, 5) is 3.93. The van der Waals surface area contributed by atoms with Crippen LogP contribution >= 0.6 is 0 Å². The van der Waals surface area contributed by atoms with Crippen molar-refractivity contribution in [1.29, 1.82) is 0 Å². The zero-order valence-electron chi connectivity index (χ0n) is 9.11. The van der Waals surface area contributed by atoms with Gasteiger partial charge in [-0.15, -0.1) is 0 Å². The van der Waals surface area contributed by atoms with Gasteiger partial charge < -0.3 is 14.6 Å². The molecule has 0 saturated carbocycles. The van der Waals surface area contributed by atoms with Crippen LogP contribution in [0.25, 0.3) is 0 Å². The van der Waals surface area contributed by atoms with Gasteiger partial charge in [-0.2, -0.15) is 0 Å². The molecule has 16 heavy (non-hydrogen) atoms. The van der Waals surface area contributed by atoms with E-state index in [0.29, 0.717) is 13.2 Å². The summed E-state index contributed by atoms with van der Waals surface area (Å²) in [6.07, 6.45) is 4.02. The average Bonchev–Trinajstić information content (AvgIpc) is 2.74. The predicted octanol–water partition coefficient (Wildman–Crippen LogP) is 1.14. The third kappa shape index (κ3) is 6.47. The topological polar surface area (TPSA) is 39.1 Å². The van der Waals surface area contributed by atoms with Gasteiger partial charge >= 0.3 is 0 Å². The highest BCUT2D eigenvalue weighted by atomic mass is 19.3. The number of nitrogens with one attached hydrogen (secondary N) is 1. The maximum atomic E-state index is 11.7. The summed E-state index contributed by atoms with van der Waals surface area (Å²) in [5, 5.41) is 3.12. The van der Waals surface area contributed by atoms with Crippen molar-refractivity contribution < 1.29 is 13.5 Å². The lowest BCUT2D eigenvalue weighted by Gasteiger charge is -2.06. The second-order valence-corrected chi connectivity index (χ2v) is 3.37. The van der Waals surface area contributed by atoms with Crippen LogP contribution < -0.4 is 5.32 Å². The van der Waals surface area contributed by atoms with Crippen molar-refractivity contribution in [1.82, 2.24) is 14.9 Å². The Kier molecular flexibility index (Phi) is 6.67. The van der Waals surface area contributed by atoms with Gasteiger partial charge in [0.15, 0.2) is 0 Å². The molecule has 0 atom stereocenters. The van der Waals surface area contributed by atoms with Gasteiger partial charge in [0.05, 0.1) is 12.9 Å². The van der Waals surface area contributed by atoms with E-state index in [4.69, 9.17) is 4.74 Å². The van der Waals surface area contributed by atoms with E-state index in [0.717, 1.165) is 19.5 Å². The monoisotopic (exact) mass is 233 g/mol. The molecule has 1 heterocycles. The van der Waals surface area contributed by atoms with Crippen molar-refractivity contribution in [3.63, 3.8) is 0 Å². The van der Waals surface area contributed by atoms with E-state index in [1.807, 2.05) is 10.8 Å². The summed E-state index contributed by atoms with van der Waals surface area (Å²) < 4.78 is 30.1. The van der Waals surface area contributed by atoms with Crippen LogP contribution in [0.15, 0.2) is 18.7 Å². The highest BCUT2D eigenvalue weighted by Gasteiger charge is 2.00.